The minimum atomic E-state index is -1.17. The summed E-state index contributed by atoms with van der Waals surface area (Å²) < 4.78 is 0. The van der Waals surface area contributed by atoms with Gasteiger partial charge < -0.3 is 31.8 Å². The van der Waals surface area contributed by atoms with E-state index in [1.807, 2.05) is 30.5 Å². The highest BCUT2D eigenvalue weighted by Crippen LogP contribution is 2.18. The summed E-state index contributed by atoms with van der Waals surface area (Å²) in [5.41, 5.74) is 12.4. The Balaban J connectivity index is 0.000000275. The Hall–Kier alpha value is -2.91. The number of carbonyl (C=O) groups is 3. The number of carboxylic acid groups (broad SMARTS) is 3. The topological polar surface area (TPSA) is 180 Å². The maximum atomic E-state index is 10.6. The first-order chi connectivity index (χ1) is 11.7. The van der Waals surface area contributed by atoms with Crippen LogP contribution in [0.4, 0.5) is 0 Å². The largest absolute Gasteiger partial charge is 0.481 e. The molecule has 2 aromatic rings. The molecule has 1 heterocycles. The quantitative estimate of drug-likeness (QED) is 0.414. The summed E-state index contributed by atoms with van der Waals surface area (Å²) in [6.45, 7) is 0. The molecule has 25 heavy (non-hydrogen) atoms. The average Bonchev–Trinajstić information content (AvgIpc) is 2.96. The molecule has 0 saturated heterocycles. The van der Waals surface area contributed by atoms with Gasteiger partial charge in [-0.05, 0) is 18.1 Å². The van der Waals surface area contributed by atoms with Crippen LogP contribution >= 0.6 is 0 Å². The summed E-state index contributed by atoms with van der Waals surface area (Å²) in [5, 5.41) is 26.0. The van der Waals surface area contributed by atoms with Crippen molar-refractivity contribution in [1.29, 1.82) is 0 Å². The lowest BCUT2D eigenvalue weighted by atomic mass is 10.1. The summed E-state index contributed by atoms with van der Waals surface area (Å²) >= 11 is 0. The van der Waals surface area contributed by atoms with E-state index in [4.69, 9.17) is 26.8 Å². The summed E-state index contributed by atoms with van der Waals surface area (Å²) in [4.78, 5) is 33.6. The molecule has 9 nitrogen and oxygen atoms in total. The highest BCUT2D eigenvalue weighted by atomic mass is 16.4. The third-order valence-corrected chi connectivity index (χ3v) is 3.42. The van der Waals surface area contributed by atoms with Gasteiger partial charge in [0.15, 0.2) is 0 Å². The van der Waals surface area contributed by atoms with Crippen molar-refractivity contribution >= 4 is 28.8 Å². The predicted molar refractivity (Wildman–Crippen MR) is 90.1 cm³/mol. The summed E-state index contributed by atoms with van der Waals surface area (Å²) in [6.07, 6.45) is 1.94. The molecule has 0 aliphatic carbocycles. The molecule has 0 saturated carbocycles. The van der Waals surface area contributed by atoms with Crippen molar-refractivity contribution in [2.75, 3.05) is 0 Å². The van der Waals surface area contributed by atoms with E-state index in [-0.39, 0.29) is 12.8 Å². The number of H-pyrrole nitrogens is 1. The number of nitrogens with two attached hydrogens (primary N) is 2. The van der Waals surface area contributed by atoms with Crippen molar-refractivity contribution in [2.45, 2.75) is 31.3 Å². The minimum Gasteiger partial charge on any atom is -0.481 e. The van der Waals surface area contributed by atoms with Crippen molar-refractivity contribution in [3.05, 3.63) is 36.0 Å². The Morgan fingerprint density at radius 3 is 2.16 bits per heavy atom. The number of aliphatic carboxylic acids is 3. The molecule has 0 amide bonds. The van der Waals surface area contributed by atoms with Gasteiger partial charge in [0.05, 0.1) is 0 Å². The van der Waals surface area contributed by atoms with Crippen LogP contribution in [0.25, 0.3) is 10.9 Å². The van der Waals surface area contributed by atoms with Crippen molar-refractivity contribution in [1.82, 2.24) is 4.98 Å². The van der Waals surface area contributed by atoms with Gasteiger partial charge in [0.25, 0.3) is 0 Å². The molecular formula is C16H21N3O6. The van der Waals surface area contributed by atoms with Crippen LogP contribution in [0.1, 0.15) is 18.4 Å². The lowest BCUT2D eigenvalue weighted by Gasteiger charge is -2.04. The predicted octanol–water partition coefficient (Wildman–Crippen LogP) is 0.385. The highest BCUT2D eigenvalue weighted by Gasteiger charge is 2.14. The lowest BCUT2D eigenvalue weighted by molar-refractivity contribution is -0.140. The van der Waals surface area contributed by atoms with E-state index < -0.39 is 30.0 Å². The highest BCUT2D eigenvalue weighted by molar-refractivity contribution is 5.84. The molecule has 9 heteroatoms. The zero-order valence-electron chi connectivity index (χ0n) is 13.4. The molecule has 0 unspecified atom stereocenters. The third-order valence-electron chi connectivity index (χ3n) is 3.42. The van der Waals surface area contributed by atoms with Crippen LogP contribution in [0.2, 0.25) is 0 Å². The van der Waals surface area contributed by atoms with E-state index in [2.05, 4.69) is 4.98 Å². The lowest BCUT2D eigenvalue weighted by Crippen LogP contribution is -2.32. The third kappa shape index (κ3) is 6.61. The number of aromatic amines is 1. The van der Waals surface area contributed by atoms with Crippen molar-refractivity contribution in [2.24, 2.45) is 11.5 Å². The minimum absolute atomic E-state index is 0.0231. The van der Waals surface area contributed by atoms with E-state index in [1.165, 1.54) is 0 Å². The van der Waals surface area contributed by atoms with Crippen LogP contribution in [0.15, 0.2) is 30.5 Å². The molecular weight excluding hydrogens is 330 g/mol. The van der Waals surface area contributed by atoms with Crippen LogP contribution < -0.4 is 11.5 Å². The van der Waals surface area contributed by atoms with Crippen LogP contribution in [-0.2, 0) is 20.8 Å². The monoisotopic (exact) mass is 351 g/mol. The number of benzene rings is 1. The Bertz CT molecular complexity index is 742. The normalized spacial score (nSPS) is 12.7. The molecule has 0 spiro atoms. The van der Waals surface area contributed by atoms with Gasteiger partial charge in [-0.15, -0.1) is 0 Å². The van der Waals surface area contributed by atoms with Gasteiger partial charge in [-0.2, -0.15) is 0 Å². The van der Waals surface area contributed by atoms with Gasteiger partial charge in [-0.25, -0.2) is 0 Å². The van der Waals surface area contributed by atoms with Crippen LogP contribution in [0.3, 0.4) is 0 Å². The fourth-order valence-corrected chi connectivity index (χ4v) is 2.03. The molecule has 1 aromatic heterocycles. The average molecular weight is 351 g/mol. The molecule has 0 aliphatic heterocycles. The second-order valence-corrected chi connectivity index (χ2v) is 5.39. The van der Waals surface area contributed by atoms with Crippen LogP contribution in [-0.4, -0.2) is 50.3 Å². The number of hydrogen-bond donors (Lipinski definition) is 6. The molecule has 0 radical (unpaired) electrons. The zero-order valence-corrected chi connectivity index (χ0v) is 13.4. The van der Waals surface area contributed by atoms with E-state index >= 15 is 0 Å². The van der Waals surface area contributed by atoms with Gasteiger partial charge in [0.1, 0.15) is 12.1 Å². The van der Waals surface area contributed by atoms with E-state index in [0.29, 0.717) is 6.42 Å². The first-order valence-electron chi connectivity index (χ1n) is 7.46. The second kappa shape index (κ2) is 9.40. The van der Waals surface area contributed by atoms with Crippen molar-refractivity contribution in [3.63, 3.8) is 0 Å². The number of para-hydroxylation sites is 1. The fraction of sp³-hybridized carbons (Fsp3) is 0.312. The number of hydrogen-bond acceptors (Lipinski definition) is 5. The summed E-state index contributed by atoms with van der Waals surface area (Å²) in [7, 11) is 0. The Morgan fingerprint density at radius 2 is 1.60 bits per heavy atom. The van der Waals surface area contributed by atoms with E-state index in [9.17, 15) is 14.4 Å². The number of carboxylic acids is 3. The number of rotatable bonds is 7. The maximum absolute atomic E-state index is 10.6. The number of aromatic nitrogens is 1. The van der Waals surface area contributed by atoms with Gasteiger partial charge >= 0.3 is 17.9 Å². The van der Waals surface area contributed by atoms with Gasteiger partial charge in [-0.1, -0.05) is 18.2 Å². The Kier molecular flexibility index (Phi) is 7.57. The molecule has 0 aliphatic rings. The van der Waals surface area contributed by atoms with Crippen molar-refractivity contribution in [3.8, 4) is 0 Å². The molecule has 2 rings (SSSR count). The SMILES string of the molecule is N[C@@H](CCC(=O)O)C(=O)O.N[C@@H](Cc1c[nH]c2ccccc12)C(=O)O. The molecule has 0 fully saturated rings. The van der Waals surface area contributed by atoms with Gasteiger partial charge in [0, 0.05) is 29.9 Å². The van der Waals surface area contributed by atoms with E-state index in [0.717, 1.165) is 16.5 Å². The smallest absolute Gasteiger partial charge is 0.320 e. The molecule has 8 N–H and O–H groups in total. The van der Waals surface area contributed by atoms with Crippen molar-refractivity contribution < 1.29 is 29.7 Å². The Labute approximate surface area is 143 Å². The summed E-state index contributed by atoms with van der Waals surface area (Å²) in [6, 6.07) is 5.85. The zero-order chi connectivity index (χ0) is 19.0. The number of nitrogens with one attached hydrogen (secondary N) is 1. The van der Waals surface area contributed by atoms with Crippen LogP contribution in [0.5, 0.6) is 0 Å². The molecule has 136 valence electrons. The maximum Gasteiger partial charge on any atom is 0.320 e. The van der Waals surface area contributed by atoms with E-state index in [1.54, 1.807) is 0 Å². The van der Waals surface area contributed by atoms with Gasteiger partial charge in [-0.3, -0.25) is 14.4 Å². The first kappa shape index (κ1) is 20.1. The van der Waals surface area contributed by atoms with Gasteiger partial charge in [0.2, 0.25) is 0 Å². The standard InChI is InChI=1S/C11H12N2O2.C5H9NO4/c12-9(11(14)15)5-7-6-13-10-4-2-1-3-8(7)10;6-3(5(9)10)1-2-4(7)8/h1-4,6,9,13H,5,12H2,(H,14,15);3H,1-2,6H2,(H,7,8)(H,9,10)/t9-;3-/m00/s1. The number of fused-ring (bicyclic) bond motifs is 1. The fourth-order valence-electron chi connectivity index (χ4n) is 2.03. The molecule has 1 aromatic carbocycles. The summed E-state index contributed by atoms with van der Waals surface area (Å²) in [5.74, 6) is -3.17. The molecule has 0 bridgehead atoms. The first-order valence-corrected chi connectivity index (χ1v) is 7.46. The van der Waals surface area contributed by atoms with Crippen LogP contribution in [0, 0.1) is 0 Å². The molecule has 2 atom stereocenters. The second-order valence-electron chi connectivity index (χ2n) is 5.39. The Morgan fingerprint density at radius 1 is 1.00 bits per heavy atom.